The number of halogens is 1. The number of rotatable bonds is 2. The van der Waals surface area contributed by atoms with Gasteiger partial charge in [0.25, 0.3) is 0 Å². The summed E-state index contributed by atoms with van der Waals surface area (Å²) in [5, 5.41) is 8.86. The fraction of sp³-hybridized carbons (Fsp3) is 0.0909. The quantitative estimate of drug-likeness (QED) is 0.891. The van der Waals surface area contributed by atoms with Crippen molar-refractivity contribution in [3.05, 3.63) is 46.6 Å². The van der Waals surface area contributed by atoms with Gasteiger partial charge in [0.15, 0.2) is 0 Å². The van der Waals surface area contributed by atoms with Crippen LogP contribution in [0.4, 0.5) is 0 Å². The van der Waals surface area contributed by atoms with Gasteiger partial charge in [0.05, 0.1) is 0 Å². The Labute approximate surface area is 90.3 Å². The molecule has 0 fully saturated rings. The molecule has 2 nitrogen and oxygen atoms in total. The minimum Gasteiger partial charge on any atom is -0.459 e. The Morgan fingerprint density at radius 2 is 1.93 bits per heavy atom. The molecule has 0 bridgehead atoms. The van der Waals surface area contributed by atoms with Crippen LogP contribution in [-0.4, -0.2) is 5.11 Å². The Kier molecular flexibility index (Phi) is 2.70. The maximum atomic E-state index is 8.86. The second-order valence-electron chi connectivity index (χ2n) is 2.90. The lowest BCUT2D eigenvalue weighted by molar-refractivity contribution is 0.248. The number of hydrogen-bond acceptors (Lipinski definition) is 2. The van der Waals surface area contributed by atoms with E-state index in [1.54, 1.807) is 6.07 Å². The summed E-state index contributed by atoms with van der Waals surface area (Å²) in [4.78, 5) is 0. The first kappa shape index (κ1) is 9.49. The minimum atomic E-state index is -0.0650. The van der Waals surface area contributed by atoms with E-state index < -0.39 is 0 Å². The lowest BCUT2D eigenvalue weighted by Crippen LogP contribution is -1.76. The average molecular weight is 253 g/mol. The molecule has 1 aromatic heterocycles. The highest BCUT2D eigenvalue weighted by Crippen LogP contribution is 2.29. The number of furan rings is 1. The maximum absolute atomic E-state index is 8.86. The first-order valence-electron chi connectivity index (χ1n) is 4.26. The summed E-state index contributed by atoms with van der Waals surface area (Å²) >= 11 is 3.44. The van der Waals surface area contributed by atoms with E-state index in [0.717, 1.165) is 15.8 Å². The Bertz CT molecular complexity index is 434. The molecule has 0 aliphatic heterocycles. The van der Waals surface area contributed by atoms with Gasteiger partial charge in [0.2, 0.25) is 0 Å². The van der Waals surface area contributed by atoms with Crippen molar-refractivity contribution in [1.29, 1.82) is 0 Å². The molecule has 2 rings (SSSR count). The molecular formula is C11H9BrO2. The Morgan fingerprint density at radius 3 is 2.57 bits per heavy atom. The fourth-order valence-electron chi connectivity index (χ4n) is 1.27. The summed E-state index contributed by atoms with van der Waals surface area (Å²) < 4.78 is 6.40. The summed E-state index contributed by atoms with van der Waals surface area (Å²) in [7, 11) is 0. The van der Waals surface area contributed by atoms with Gasteiger partial charge in [-0.2, -0.15) is 0 Å². The van der Waals surface area contributed by atoms with Crippen LogP contribution < -0.4 is 0 Å². The van der Waals surface area contributed by atoms with Crippen molar-refractivity contribution in [1.82, 2.24) is 0 Å². The molecule has 14 heavy (non-hydrogen) atoms. The Balaban J connectivity index is 2.44. The molecule has 0 amide bonds. The highest BCUT2D eigenvalue weighted by Gasteiger charge is 2.06. The molecule has 0 saturated heterocycles. The molecule has 0 atom stereocenters. The van der Waals surface area contributed by atoms with Crippen LogP contribution in [0.25, 0.3) is 11.3 Å². The summed E-state index contributed by atoms with van der Waals surface area (Å²) in [5.74, 6) is 1.34. The Hall–Kier alpha value is -1.06. The average Bonchev–Trinajstić information content (AvgIpc) is 2.67. The molecule has 0 radical (unpaired) electrons. The molecular weight excluding hydrogens is 244 g/mol. The standard InChI is InChI=1S/C11H9BrO2/c12-10-4-2-1-3-9(10)11-6-5-8(7-13)14-11/h1-6,13H,7H2. The van der Waals surface area contributed by atoms with E-state index in [9.17, 15) is 0 Å². The van der Waals surface area contributed by atoms with Gasteiger partial charge >= 0.3 is 0 Å². The van der Waals surface area contributed by atoms with Crippen LogP contribution in [0, 0.1) is 0 Å². The number of aliphatic hydroxyl groups excluding tert-OH is 1. The monoisotopic (exact) mass is 252 g/mol. The van der Waals surface area contributed by atoms with Crippen LogP contribution >= 0.6 is 15.9 Å². The highest BCUT2D eigenvalue weighted by atomic mass is 79.9. The number of aliphatic hydroxyl groups is 1. The van der Waals surface area contributed by atoms with Gasteiger partial charge in [-0.3, -0.25) is 0 Å². The molecule has 0 aliphatic carbocycles. The van der Waals surface area contributed by atoms with E-state index in [1.165, 1.54) is 0 Å². The minimum absolute atomic E-state index is 0.0650. The van der Waals surface area contributed by atoms with Crippen molar-refractivity contribution in [2.75, 3.05) is 0 Å². The maximum Gasteiger partial charge on any atom is 0.135 e. The predicted octanol–water partition coefficient (Wildman–Crippen LogP) is 3.20. The van der Waals surface area contributed by atoms with E-state index in [-0.39, 0.29) is 6.61 Å². The van der Waals surface area contributed by atoms with Crippen molar-refractivity contribution in [2.24, 2.45) is 0 Å². The predicted molar refractivity (Wildman–Crippen MR) is 57.8 cm³/mol. The van der Waals surface area contributed by atoms with Gasteiger partial charge in [0.1, 0.15) is 18.1 Å². The lowest BCUT2D eigenvalue weighted by atomic mass is 10.2. The summed E-state index contributed by atoms with van der Waals surface area (Å²) in [5.41, 5.74) is 0.993. The smallest absolute Gasteiger partial charge is 0.135 e. The molecule has 0 aliphatic rings. The van der Waals surface area contributed by atoms with Crippen molar-refractivity contribution in [2.45, 2.75) is 6.61 Å². The van der Waals surface area contributed by atoms with Gasteiger partial charge in [-0.05, 0) is 18.2 Å². The van der Waals surface area contributed by atoms with Crippen molar-refractivity contribution < 1.29 is 9.52 Å². The van der Waals surface area contributed by atoms with E-state index >= 15 is 0 Å². The molecule has 0 saturated carbocycles. The largest absolute Gasteiger partial charge is 0.459 e. The molecule has 1 N–H and O–H groups in total. The van der Waals surface area contributed by atoms with Crippen molar-refractivity contribution in [3.63, 3.8) is 0 Å². The first-order valence-corrected chi connectivity index (χ1v) is 5.05. The van der Waals surface area contributed by atoms with E-state index in [1.807, 2.05) is 30.3 Å². The van der Waals surface area contributed by atoms with Crippen molar-refractivity contribution in [3.8, 4) is 11.3 Å². The Morgan fingerprint density at radius 1 is 1.14 bits per heavy atom. The highest BCUT2D eigenvalue weighted by molar-refractivity contribution is 9.10. The molecule has 1 aromatic carbocycles. The summed E-state index contributed by atoms with van der Waals surface area (Å²) in [6.45, 7) is -0.0650. The van der Waals surface area contributed by atoms with Gasteiger partial charge in [-0.15, -0.1) is 0 Å². The third-order valence-corrected chi connectivity index (χ3v) is 2.65. The van der Waals surface area contributed by atoms with Crippen LogP contribution in [-0.2, 0) is 6.61 Å². The van der Waals surface area contributed by atoms with Gasteiger partial charge in [-0.1, -0.05) is 34.1 Å². The van der Waals surface area contributed by atoms with E-state index in [4.69, 9.17) is 9.52 Å². The second kappa shape index (κ2) is 3.98. The topological polar surface area (TPSA) is 33.4 Å². The van der Waals surface area contributed by atoms with Gasteiger partial charge < -0.3 is 9.52 Å². The van der Waals surface area contributed by atoms with Crippen molar-refractivity contribution >= 4 is 15.9 Å². The zero-order chi connectivity index (χ0) is 9.97. The molecule has 0 unspecified atom stereocenters. The zero-order valence-corrected chi connectivity index (χ0v) is 8.99. The van der Waals surface area contributed by atoms with E-state index in [2.05, 4.69) is 15.9 Å². The zero-order valence-electron chi connectivity index (χ0n) is 7.40. The van der Waals surface area contributed by atoms with Crippen LogP contribution in [0.15, 0.2) is 45.3 Å². The van der Waals surface area contributed by atoms with E-state index in [0.29, 0.717) is 5.76 Å². The molecule has 1 heterocycles. The van der Waals surface area contributed by atoms with Crippen LogP contribution in [0.1, 0.15) is 5.76 Å². The molecule has 0 spiro atoms. The third kappa shape index (κ3) is 1.74. The van der Waals surface area contributed by atoms with Crippen LogP contribution in [0.2, 0.25) is 0 Å². The third-order valence-electron chi connectivity index (χ3n) is 1.96. The number of hydrogen-bond donors (Lipinski definition) is 1. The first-order chi connectivity index (χ1) is 6.81. The lowest BCUT2D eigenvalue weighted by Gasteiger charge is -1.99. The second-order valence-corrected chi connectivity index (χ2v) is 3.76. The van der Waals surface area contributed by atoms with Crippen LogP contribution in [0.3, 0.4) is 0 Å². The number of benzene rings is 1. The summed E-state index contributed by atoms with van der Waals surface area (Å²) in [6, 6.07) is 11.4. The molecule has 3 heteroatoms. The van der Waals surface area contributed by atoms with Crippen LogP contribution in [0.5, 0.6) is 0 Å². The summed E-state index contributed by atoms with van der Waals surface area (Å²) in [6.07, 6.45) is 0. The molecule has 72 valence electrons. The fourth-order valence-corrected chi connectivity index (χ4v) is 1.75. The van der Waals surface area contributed by atoms with Gasteiger partial charge in [-0.25, -0.2) is 0 Å². The molecule has 2 aromatic rings. The SMILES string of the molecule is OCc1ccc(-c2ccccc2Br)o1. The normalized spacial score (nSPS) is 10.4. The van der Waals surface area contributed by atoms with Gasteiger partial charge in [0, 0.05) is 10.0 Å².